The molecule has 14 heteroatoms. The molecule has 11 atom stereocenters. The van der Waals surface area contributed by atoms with Crippen molar-refractivity contribution in [3.8, 4) is 0 Å². The average molecular weight is 987 g/mol. The normalized spacial score (nSPS) is 25.8. The van der Waals surface area contributed by atoms with Crippen molar-refractivity contribution in [2.24, 2.45) is 0 Å². The first-order chi connectivity index (χ1) is 33.6. The molecular formula is C55H102O14. The van der Waals surface area contributed by atoms with Gasteiger partial charge in [-0.1, -0.05) is 199 Å². The Balaban J connectivity index is 1.72. The third-order valence-electron chi connectivity index (χ3n) is 13.5. The van der Waals surface area contributed by atoms with E-state index in [9.17, 15) is 40.5 Å². The second-order valence-electron chi connectivity index (χ2n) is 19.8. The molecule has 406 valence electrons. The lowest BCUT2D eigenvalue weighted by Gasteiger charge is -2.42. The predicted octanol–water partition coefficient (Wildman–Crippen LogP) is 9.19. The Morgan fingerprint density at radius 1 is 0.478 bits per heavy atom. The van der Waals surface area contributed by atoms with E-state index in [1.54, 1.807) is 0 Å². The van der Waals surface area contributed by atoms with Gasteiger partial charge in [-0.3, -0.25) is 4.79 Å². The van der Waals surface area contributed by atoms with Crippen LogP contribution in [0.15, 0.2) is 24.3 Å². The molecule has 2 fully saturated rings. The van der Waals surface area contributed by atoms with E-state index in [2.05, 4.69) is 38.2 Å². The fraction of sp³-hybridized carbons (Fsp3) is 0.909. The Morgan fingerprint density at radius 2 is 0.913 bits per heavy atom. The number of aliphatic hydroxyl groups excluding tert-OH is 7. The molecular weight excluding hydrogens is 885 g/mol. The van der Waals surface area contributed by atoms with E-state index in [1.165, 1.54) is 128 Å². The van der Waals surface area contributed by atoms with Crippen LogP contribution in [0.2, 0.25) is 0 Å². The Labute approximate surface area is 417 Å². The lowest BCUT2D eigenvalue weighted by molar-refractivity contribution is -0.332. The van der Waals surface area contributed by atoms with Crippen LogP contribution in [0, 0.1) is 0 Å². The summed E-state index contributed by atoms with van der Waals surface area (Å²) < 4.78 is 34.3. The molecule has 69 heavy (non-hydrogen) atoms. The summed E-state index contributed by atoms with van der Waals surface area (Å²) in [6, 6.07) is 0. The second-order valence-corrected chi connectivity index (χ2v) is 19.8. The summed E-state index contributed by atoms with van der Waals surface area (Å²) in [5, 5.41) is 72.2. The van der Waals surface area contributed by atoms with Crippen molar-refractivity contribution < 1.29 is 69.0 Å². The molecule has 0 aromatic carbocycles. The fourth-order valence-corrected chi connectivity index (χ4v) is 8.89. The zero-order valence-electron chi connectivity index (χ0n) is 43.3. The van der Waals surface area contributed by atoms with E-state index >= 15 is 0 Å². The molecule has 2 heterocycles. The topological polar surface area (TPSA) is 214 Å². The van der Waals surface area contributed by atoms with Gasteiger partial charge in [-0.25, -0.2) is 0 Å². The predicted molar refractivity (Wildman–Crippen MR) is 270 cm³/mol. The van der Waals surface area contributed by atoms with Crippen LogP contribution in [0.25, 0.3) is 0 Å². The summed E-state index contributed by atoms with van der Waals surface area (Å²) in [4.78, 5) is 13.0. The van der Waals surface area contributed by atoms with Crippen LogP contribution in [0.5, 0.6) is 0 Å². The standard InChI is InChI=1S/C55H102O14/c1-3-5-7-9-11-13-15-17-19-20-21-22-23-24-25-27-29-31-33-35-37-39-64-41-44(67-47(57)38-36-34-32-30-28-26-18-16-14-12-10-8-6-4-2)42-65-54-53(63)51(61)49(59)46(69-54)43-66-55-52(62)50(60)48(58)45(40-56)68-55/h10,12,16,18,44-46,48-56,58-63H,3-9,11,13-15,17,19-43H2,1-2H3/b12-10-,18-16-. The molecule has 0 aromatic heterocycles. The summed E-state index contributed by atoms with van der Waals surface area (Å²) in [5.41, 5.74) is 0. The SMILES string of the molecule is CCCC/C=C\C/C=C\CCCCCCCC(=O)OC(COCCCCCCCCCCCCCCCCCCCCCCC)COC1OC(COC2OC(CO)C(O)C(O)C2O)C(O)C(O)C1O. The van der Waals surface area contributed by atoms with E-state index in [0.717, 1.165) is 64.2 Å². The average Bonchev–Trinajstić information content (AvgIpc) is 3.35. The molecule has 0 bridgehead atoms. The summed E-state index contributed by atoms with van der Waals surface area (Å²) in [6.07, 6.45) is 31.0. The van der Waals surface area contributed by atoms with Gasteiger partial charge in [0, 0.05) is 13.0 Å². The summed E-state index contributed by atoms with van der Waals surface area (Å²) >= 11 is 0. The molecule has 0 saturated carbocycles. The van der Waals surface area contributed by atoms with Crippen LogP contribution in [-0.4, -0.2) is 142 Å². The molecule has 0 spiro atoms. The van der Waals surface area contributed by atoms with Gasteiger partial charge in [0.25, 0.3) is 0 Å². The minimum atomic E-state index is -1.71. The van der Waals surface area contributed by atoms with Crippen molar-refractivity contribution in [1.29, 1.82) is 0 Å². The Hall–Kier alpha value is -1.53. The minimum Gasteiger partial charge on any atom is -0.457 e. The molecule has 0 amide bonds. The Bertz CT molecular complexity index is 1240. The number of allylic oxidation sites excluding steroid dienone is 4. The molecule has 2 saturated heterocycles. The highest BCUT2D eigenvalue weighted by atomic mass is 16.7. The summed E-state index contributed by atoms with van der Waals surface area (Å²) in [5.74, 6) is -0.386. The van der Waals surface area contributed by atoms with Gasteiger partial charge in [0.1, 0.15) is 54.9 Å². The molecule has 7 N–H and O–H groups in total. The molecule has 11 unspecified atom stereocenters. The van der Waals surface area contributed by atoms with E-state index in [1.807, 2.05) is 0 Å². The van der Waals surface area contributed by atoms with Crippen molar-refractivity contribution in [1.82, 2.24) is 0 Å². The van der Waals surface area contributed by atoms with Gasteiger partial charge >= 0.3 is 5.97 Å². The van der Waals surface area contributed by atoms with Gasteiger partial charge in [0.05, 0.1) is 26.4 Å². The summed E-state index contributed by atoms with van der Waals surface area (Å²) in [7, 11) is 0. The van der Waals surface area contributed by atoms with Gasteiger partial charge in [0.2, 0.25) is 0 Å². The molecule has 14 nitrogen and oxygen atoms in total. The van der Waals surface area contributed by atoms with E-state index in [4.69, 9.17) is 28.4 Å². The van der Waals surface area contributed by atoms with Crippen LogP contribution in [-0.2, 0) is 33.2 Å². The monoisotopic (exact) mass is 987 g/mol. The van der Waals surface area contributed by atoms with Gasteiger partial charge in [-0.05, 0) is 38.5 Å². The molecule has 0 aromatic rings. The Kier molecular flexibility index (Phi) is 39.6. The lowest BCUT2D eigenvalue weighted by atomic mass is 9.98. The van der Waals surface area contributed by atoms with E-state index in [0.29, 0.717) is 13.0 Å². The highest BCUT2D eigenvalue weighted by molar-refractivity contribution is 5.69. The number of ether oxygens (including phenoxy) is 6. The maximum atomic E-state index is 13.0. The highest BCUT2D eigenvalue weighted by Crippen LogP contribution is 2.27. The first-order valence-corrected chi connectivity index (χ1v) is 27.9. The number of carbonyl (C=O) groups is 1. The van der Waals surface area contributed by atoms with Crippen LogP contribution in [0.3, 0.4) is 0 Å². The number of rotatable bonds is 45. The molecule has 2 aliphatic heterocycles. The Morgan fingerprint density at radius 3 is 1.43 bits per heavy atom. The van der Waals surface area contributed by atoms with Gasteiger partial charge in [0.15, 0.2) is 12.6 Å². The van der Waals surface area contributed by atoms with Crippen molar-refractivity contribution >= 4 is 5.97 Å². The fourth-order valence-electron chi connectivity index (χ4n) is 8.89. The number of hydrogen-bond donors (Lipinski definition) is 7. The van der Waals surface area contributed by atoms with Gasteiger partial charge in [-0.15, -0.1) is 0 Å². The van der Waals surface area contributed by atoms with Crippen molar-refractivity contribution in [2.75, 3.05) is 33.0 Å². The van der Waals surface area contributed by atoms with Crippen LogP contribution < -0.4 is 0 Å². The number of hydrogen-bond acceptors (Lipinski definition) is 14. The molecule has 0 radical (unpaired) electrons. The first-order valence-electron chi connectivity index (χ1n) is 27.9. The largest absolute Gasteiger partial charge is 0.457 e. The number of carbonyl (C=O) groups excluding carboxylic acids is 1. The number of unbranched alkanes of at least 4 members (excludes halogenated alkanes) is 27. The van der Waals surface area contributed by atoms with Crippen molar-refractivity contribution in [3.63, 3.8) is 0 Å². The highest BCUT2D eigenvalue weighted by Gasteiger charge is 2.47. The van der Waals surface area contributed by atoms with E-state index in [-0.39, 0.29) is 25.6 Å². The first kappa shape index (κ1) is 63.6. The molecule has 2 aliphatic rings. The van der Waals surface area contributed by atoms with Crippen LogP contribution in [0.4, 0.5) is 0 Å². The molecule has 0 aliphatic carbocycles. The second kappa shape index (κ2) is 42.9. The minimum absolute atomic E-state index is 0.0601. The third kappa shape index (κ3) is 30.3. The van der Waals surface area contributed by atoms with E-state index < -0.39 is 80.7 Å². The summed E-state index contributed by atoms with van der Waals surface area (Å²) in [6.45, 7) is 3.67. The number of esters is 1. The van der Waals surface area contributed by atoms with Crippen molar-refractivity contribution in [3.05, 3.63) is 24.3 Å². The van der Waals surface area contributed by atoms with Crippen LogP contribution in [0.1, 0.15) is 219 Å². The lowest BCUT2D eigenvalue weighted by Crippen LogP contribution is -2.61. The maximum Gasteiger partial charge on any atom is 0.306 e. The smallest absolute Gasteiger partial charge is 0.306 e. The third-order valence-corrected chi connectivity index (χ3v) is 13.5. The maximum absolute atomic E-state index is 13.0. The number of aliphatic hydroxyl groups is 7. The molecule has 2 rings (SSSR count). The zero-order chi connectivity index (χ0) is 50.2. The quantitative estimate of drug-likeness (QED) is 0.0172. The van der Waals surface area contributed by atoms with Crippen LogP contribution >= 0.6 is 0 Å². The van der Waals surface area contributed by atoms with Gasteiger partial charge < -0.3 is 64.2 Å². The van der Waals surface area contributed by atoms with Crippen molar-refractivity contribution in [2.45, 2.75) is 287 Å². The zero-order valence-corrected chi connectivity index (χ0v) is 43.3. The van der Waals surface area contributed by atoms with Gasteiger partial charge in [-0.2, -0.15) is 0 Å².